The zero-order valence-electron chi connectivity index (χ0n) is 13.3. The van der Waals surface area contributed by atoms with Crippen LogP contribution in [0.5, 0.6) is 5.75 Å². The third kappa shape index (κ3) is 4.20. The molecule has 0 radical (unpaired) electrons. The summed E-state index contributed by atoms with van der Waals surface area (Å²) in [4.78, 5) is 22.7. The van der Waals surface area contributed by atoms with E-state index in [4.69, 9.17) is 20.8 Å². The standard InChI is InChI=1S/C18H13ClN2O5/c19-12-6-8-15(16(10-12)21(23)24)20-18(22)17-9-7-14(26-17)11-25-13-4-2-1-3-5-13/h1-10H,11H2,(H,20,22). The van der Waals surface area contributed by atoms with Crippen LogP contribution in [0.2, 0.25) is 5.02 Å². The Morgan fingerprint density at radius 3 is 2.65 bits per heavy atom. The topological polar surface area (TPSA) is 94.6 Å². The highest BCUT2D eigenvalue weighted by Gasteiger charge is 2.19. The molecule has 0 bridgehead atoms. The first-order chi connectivity index (χ1) is 12.5. The summed E-state index contributed by atoms with van der Waals surface area (Å²) < 4.78 is 11.0. The fourth-order valence-corrected chi connectivity index (χ4v) is 2.36. The lowest BCUT2D eigenvalue weighted by Gasteiger charge is -2.05. The van der Waals surface area contributed by atoms with Crippen LogP contribution < -0.4 is 10.1 Å². The second-order valence-corrected chi connectivity index (χ2v) is 5.68. The predicted molar refractivity (Wildman–Crippen MR) is 95.5 cm³/mol. The minimum absolute atomic E-state index is 0.0147. The molecule has 0 aliphatic carbocycles. The van der Waals surface area contributed by atoms with Gasteiger partial charge in [-0.25, -0.2) is 0 Å². The smallest absolute Gasteiger partial charge is 0.294 e. The van der Waals surface area contributed by atoms with Gasteiger partial charge < -0.3 is 14.5 Å². The van der Waals surface area contributed by atoms with Crippen molar-refractivity contribution in [3.8, 4) is 5.75 Å². The van der Waals surface area contributed by atoms with Crippen molar-refractivity contribution in [3.63, 3.8) is 0 Å². The molecule has 0 aliphatic heterocycles. The van der Waals surface area contributed by atoms with Gasteiger partial charge in [-0.05, 0) is 36.4 Å². The van der Waals surface area contributed by atoms with Gasteiger partial charge in [0.25, 0.3) is 11.6 Å². The van der Waals surface area contributed by atoms with Crippen LogP contribution in [-0.2, 0) is 6.61 Å². The monoisotopic (exact) mass is 372 g/mol. The minimum Gasteiger partial charge on any atom is -0.486 e. The summed E-state index contributed by atoms with van der Waals surface area (Å²) in [7, 11) is 0. The van der Waals surface area contributed by atoms with Crippen LogP contribution in [0.15, 0.2) is 65.1 Å². The maximum absolute atomic E-state index is 12.3. The SMILES string of the molecule is O=C(Nc1ccc(Cl)cc1[N+](=O)[O-])c1ccc(COc2ccccc2)o1. The zero-order chi connectivity index (χ0) is 18.5. The first-order valence-electron chi connectivity index (χ1n) is 7.55. The maximum atomic E-state index is 12.3. The number of ether oxygens (including phenoxy) is 1. The van der Waals surface area contributed by atoms with Crippen LogP contribution in [0, 0.1) is 10.1 Å². The number of anilines is 1. The van der Waals surface area contributed by atoms with Gasteiger partial charge in [-0.15, -0.1) is 0 Å². The van der Waals surface area contributed by atoms with E-state index in [2.05, 4.69) is 5.32 Å². The molecule has 0 aliphatic rings. The lowest BCUT2D eigenvalue weighted by molar-refractivity contribution is -0.383. The number of halogens is 1. The van der Waals surface area contributed by atoms with Crippen LogP contribution in [0.4, 0.5) is 11.4 Å². The van der Waals surface area contributed by atoms with E-state index in [-0.39, 0.29) is 28.8 Å². The fourth-order valence-electron chi connectivity index (χ4n) is 2.19. The molecule has 0 unspecified atom stereocenters. The van der Waals surface area contributed by atoms with Gasteiger partial charge in [0.2, 0.25) is 0 Å². The van der Waals surface area contributed by atoms with Gasteiger partial charge >= 0.3 is 0 Å². The van der Waals surface area contributed by atoms with Gasteiger partial charge in [-0.1, -0.05) is 29.8 Å². The highest BCUT2D eigenvalue weighted by Crippen LogP contribution is 2.28. The lowest BCUT2D eigenvalue weighted by Crippen LogP contribution is -2.12. The molecule has 132 valence electrons. The highest BCUT2D eigenvalue weighted by atomic mass is 35.5. The van der Waals surface area contributed by atoms with Gasteiger partial charge in [0.15, 0.2) is 5.76 Å². The van der Waals surface area contributed by atoms with E-state index in [9.17, 15) is 14.9 Å². The van der Waals surface area contributed by atoms with Gasteiger partial charge in [0, 0.05) is 11.1 Å². The number of furan rings is 1. The number of hydrogen-bond donors (Lipinski definition) is 1. The molecule has 7 nitrogen and oxygen atoms in total. The van der Waals surface area contributed by atoms with Crippen molar-refractivity contribution in [3.05, 3.63) is 87.3 Å². The molecular formula is C18H13ClN2O5. The molecule has 26 heavy (non-hydrogen) atoms. The lowest BCUT2D eigenvalue weighted by atomic mass is 10.2. The average molecular weight is 373 g/mol. The van der Waals surface area contributed by atoms with Crippen molar-refractivity contribution in [2.45, 2.75) is 6.61 Å². The predicted octanol–water partition coefficient (Wildman–Crippen LogP) is 4.67. The van der Waals surface area contributed by atoms with Gasteiger partial charge in [0.05, 0.1) is 4.92 Å². The second-order valence-electron chi connectivity index (χ2n) is 5.24. The Morgan fingerprint density at radius 1 is 1.15 bits per heavy atom. The van der Waals surface area contributed by atoms with Gasteiger partial charge in [-0.3, -0.25) is 14.9 Å². The van der Waals surface area contributed by atoms with Gasteiger partial charge in [0.1, 0.15) is 23.8 Å². The summed E-state index contributed by atoms with van der Waals surface area (Å²) in [6.07, 6.45) is 0. The number of hydrogen-bond acceptors (Lipinski definition) is 5. The Morgan fingerprint density at radius 2 is 1.92 bits per heavy atom. The summed E-state index contributed by atoms with van der Waals surface area (Å²) in [6, 6.07) is 16.2. The number of nitrogens with zero attached hydrogens (tertiary/aromatic N) is 1. The molecule has 8 heteroatoms. The normalized spacial score (nSPS) is 10.3. The molecule has 1 amide bonds. The Hall–Kier alpha value is -3.32. The molecule has 0 fully saturated rings. The third-order valence-corrected chi connectivity index (χ3v) is 3.65. The van der Waals surface area contributed by atoms with Crippen molar-refractivity contribution in [2.75, 3.05) is 5.32 Å². The molecule has 1 N–H and O–H groups in total. The number of nitro groups is 1. The molecule has 0 spiro atoms. The van der Waals surface area contributed by atoms with E-state index in [1.807, 2.05) is 18.2 Å². The summed E-state index contributed by atoms with van der Waals surface area (Å²) in [5.41, 5.74) is -0.270. The fraction of sp³-hybridized carbons (Fsp3) is 0.0556. The molecule has 0 atom stereocenters. The van der Waals surface area contributed by atoms with E-state index in [1.54, 1.807) is 18.2 Å². The number of nitro benzene ring substituents is 1. The summed E-state index contributed by atoms with van der Waals surface area (Å²) >= 11 is 5.75. The van der Waals surface area contributed by atoms with Crippen LogP contribution in [0.3, 0.4) is 0 Å². The number of rotatable bonds is 6. The maximum Gasteiger partial charge on any atom is 0.294 e. The Bertz CT molecular complexity index is 940. The van der Waals surface area contributed by atoms with Crippen molar-refractivity contribution >= 4 is 28.9 Å². The van der Waals surface area contributed by atoms with Gasteiger partial charge in [-0.2, -0.15) is 0 Å². The Kier molecular flexibility index (Phi) is 5.19. The largest absolute Gasteiger partial charge is 0.486 e. The number of para-hydroxylation sites is 1. The number of amides is 1. The molecule has 1 heterocycles. The van der Waals surface area contributed by atoms with Crippen molar-refractivity contribution in [1.82, 2.24) is 0 Å². The Labute approximate surface area is 153 Å². The summed E-state index contributed by atoms with van der Waals surface area (Å²) in [5, 5.41) is 13.7. The van der Waals surface area contributed by atoms with E-state index >= 15 is 0 Å². The van der Waals surface area contributed by atoms with Crippen LogP contribution in [0.25, 0.3) is 0 Å². The zero-order valence-corrected chi connectivity index (χ0v) is 14.1. The van der Waals surface area contributed by atoms with Crippen molar-refractivity contribution in [2.24, 2.45) is 0 Å². The van der Waals surface area contributed by atoms with E-state index in [0.29, 0.717) is 11.5 Å². The number of carbonyl (C=O) groups excluding carboxylic acids is 1. The molecular weight excluding hydrogens is 360 g/mol. The molecule has 0 saturated heterocycles. The third-order valence-electron chi connectivity index (χ3n) is 3.41. The molecule has 3 rings (SSSR count). The first-order valence-corrected chi connectivity index (χ1v) is 7.92. The van der Waals surface area contributed by atoms with Crippen LogP contribution >= 0.6 is 11.6 Å². The van der Waals surface area contributed by atoms with Crippen LogP contribution in [-0.4, -0.2) is 10.8 Å². The number of carbonyl (C=O) groups is 1. The van der Waals surface area contributed by atoms with Crippen molar-refractivity contribution < 1.29 is 18.9 Å². The summed E-state index contributed by atoms with van der Waals surface area (Å²) in [6.45, 7) is 0.151. The molecule has 2 aromatic carbocycles. The van der Waals surface area contributed by atoms with E-state index in [1.165, 1.54) is 24.3 Å². The van der Waals surface area contributed by atoms with E-state index < -0.39 is 10.8 Å². The first kappa shape index (κ1) is 17.5. The molecule has 1 aromatic heterocycles. The number of benzene rings is 2. The minimum atomic E-state index is -0.622. The van der Waals surface area contributed by atoms with Crippen LogP contribution in [0.1, 0.15) is 16.3 Å². The molecule has 3 aromatic rings. The average Bonchev–Trinajstić information content (AvgIpc) is 3.11. The van der Waals surface area contributed by atoms with E-state index in [0.717, 1.165) is 0 Å². The second kappa shape index (κ2) is 7.71. The van der Waals surface area contributed by atoms with Crippen molar-refractivity contribution in [1.29, 1.82) is 0 Å². The number of nitrogens with one attached hydrogen (secondary N) is 1. The quantitative estimate of drug-likeness (QED) is 0.501. The Balaban J connectivity index is 1.68. The summed E-state index contributed by atoms with van der Waals surface area (Å²) in [5.74, 6) is 0.526. The molecule has 0 saturated carbocycles. The highest BCUT2D eigenvalue weighted by molar-refractivity contribution is 6.31.